The lowest BCUT2D eigenvalue weighted by Gasteiger charge is -2.25. The predicted molar refractivity (Wildman–Crippen MR) is 111 cm³/mol. The van der Waals surface area contributed by atoms with Gasteiger partial charge in [-0.2, -0.15) is 0 Å². The fourth-order valence-electron chi connectivity index (χ4n) is 3.54. The van der Waals surface area contributed by atoms with Crippen molar-refractivity contribution in [3.63, 3.8) is 0 Å². The van der Waals surface area contributed by atoms with Gasteiger partial charge in [-0.05, 0) is 48.0 Å². The van der Waals surface area contributed by atoms with Crippen LogP contribution >= 0.6 is 11.6 Å². The summed E-state index contributed by atoms with van der Waals surface area (Å²) in [6.07, 6.45) is 1.49. The third-order valence-corrected chi connectivity index (χ3v) is 5.35. The molecule has 2 heterocycles. The topological polar surface area (TPSA) is 80.0 Å². The number of carbonyl (C=O) groups is 2. The Hall–Kier alpha value is -3.51. The number of methoxy groups -OCH3 is 1. The molecule has 0 spiro atoms. The van der Waals surface area contributed by atoms with E-state index in [1.165, 1.54) is 18.3 Å². The van der Waals surface area contributed by atoms with E-state index < -0.39 is 17.7 Å². The fraction of sp³-hybridized carbons (Fsp3) is 0.130. The number of ether oxygens (including phenoxy) is 1. The molecule has 1 N–H and O–H groups in total. The molecule has 0 aliphatic carbocycles. The quantitative estimate of drug-likeness (QED) is 0.369. The van der Waals surface area contributed by atoms with Crippen molar-refractivity contribution in [3.05, 3.63) is 94.4 Å². The number of hydrogen-bond acceptors (Lipinski definition) is 5. The zero-order chi connectivity index (χ0) is 21.3. The van der Waals surface area contributed by atoms with Crippen molar-refractivity contribution < 1.29 is 23.8 Å². The van der Waals surface area contributed by atoms with Crippen LogP contribution in [0.2, 0.25) is 5.02 Å². The number of amides is 1. The number of likely N-dealkylation sites (tertiary alicyclic amines) is 1. The molecule has 1 atom stereocenters. The summed E-state index contributed by atoms with van der Waals surface area (Å²) in [6.45, 7) is 0.0624. The van der Waals surface area contributed by atoms with E-state index in [9.17, 15) is 14.7 Å². The first-order valence-corrected chi connectivity index (χ1v) is 9.58. The zero-order valence-corrected chi connectivity index (χ0v) is 16.8. The van der Waals surface area contributed by atoms with Gasteiger partial charge >= 0.3 is 0 Å². The Kier molecular flexibility index (Phi) is 5.33. The Morgan fingerprint density at radius 1 is 1.10 bits per heavy atom. The van der Waals surface area contributed by atoms with Gasteiger partial charge in [-0.3, -0.25) is 9.59 Å². The van der Waals surface area contributed by atoms with Crippen LogP contribution in [0.4, 0.5) is 0 Å². The summed E-state index contributed by atoms with van der Waals surface area (Å²) in [5.74, 6) is -0.667. The molecule has 2 aromatic carbocycles. The lowest BCUT2D eigenvalue weighted by Crippen LogP contribution is -2.29. The number of carbonyl (C=O) groups excluding carboxylic acids is 2. The fourth-order valence-corrected chi connectivity index (χ4v) is 3.78. The molecule has 1 fully saturated rings. The third-order valence-electron chi connectivity index (χ3n) is 5.01. The third kappa shape index (κ3) is 3.46. The molecule has 1 aromatic heterocycles. The standard InChI is InChI=1S/C23H18ClNO5/c1-29-15-10-8-14(9-11-15)21(26)19-20(17-6-2-3-7-18(17)24)25(23(28)22(19)27)13-16-5-4-12-30-16/h2-12,20,26H,13H2,1H3/t20-/m1/s1. The number of ketones is 1. The summed E-state index contributed by atoms with van der Waals surface area (Å²) < 4.78 is 10.5. The summed E-state index contributed by atoms with van der Waals surface area (Å²) in [5.41, 5.74) is 0.911. The number of nitrogens with zero attached hydrogens (tertiary/aromatic N) is 1. The molecule has 4 rings (SSSR count). The monoisotopic (exact) mass is 423 g/mol. The van der Waals surface area contributed by atoms with Crippen LogP contribution in [-0.4, -0.2) is 28.8 Å². The Morgan fingerprint density at radius 2 is 1.83 bits per heavy atom. The Bertz CT molecular complexity index is 1120. The van der Waals surface area contributed by atoms with Gasteiger partial charge in [-0.25, -0.2) is 0 Å². The van der Waals surface area contributed by atoms with E-state index >= 15 is 0 Å². The minimum atomic E-state index is -0.856. The average molecular weight is 424 g/mol. The van der Waals surface area contributed by atoms with Gasteiger partial charge in [0.1, 0.15) is 17.3 Å². The lowest BCUT2D eigenvalue weighted by atomic mass is 9.95. The number of aliphatic hydroxyl groups is 1. The number of aliphatic hydroxyl groups excluding tert-OH is 1. The number of furan rings is 1. The second kappa shape index (κ2) is 8.08. The molecular weight excluding hydrogens is 406 g/mol. The average Bonchev–Trinajstić information content (AvgIpc) is 3.36. The SMILES string of the molecule is COc1ccc(C(O)=C2C(=O)C(=O)N(Cc3ccco3)[C@@H]2c2ccccc2Cl)cc1. The highest BCUT2D eigenvalue weighted by atomic mass is 35.5. The van der Waals surface area contributed by atoms with Gasteiger partial charge in [0.05, 0.1) is 31.5 Å². The second-order valence-electron chi connectivity index (χ2n) is 6.76. The van der Waals surface area contributed by atoms with Gasteiger partial charge in [0.2, 0.25) is 0 Å². The molecule has 1 amide bonds. The second-order valence-corrected chi connectivity index (χ2v) is 7.16. The van der Waals surface area contributed by atoms with Crippen LogP contribution in [0.5, 0.6) is 5.75 Å². The first-order chi connectivity index (χ1) is 14.5. The molecule has 3 aromatic rings. The summed E-state index contributed by atoms with van der Waals surface area (Å²) in [4.78, 5) is 27.2. The lowest BCUT2D eigenvalue weighted by molar-refractivity contribution is -0.140. The molecule has 1 aliphatic heterocycles. The largest absolute Gasteiger partial charge is 0.507 e. The van der Waals surface area contributed by atoms with Gasteiger partial charge in [-0.15, -0.1) is 0 Å². The highest BCUT2D eigenvalue weighted by molar-refractivity contribution is 6.46. The van der Waals surface area contributed by atoms with Crippen molar-refractivity contribution in [2.75, 3.05) is 7.11 Å². The highest BCUT2D eigenvalue weighted by Crippen LogP contribution is 2.42. The molecule has 0 unspecified atom stereocenters. The number of halogens is 1. The van der Waals surface area contributed by atoms with Crippen LogP contribution in [0, 0.1) is 0 Å². The van der Waals surface area contributed by atoms with E-state index in [1.807, 2.05) is 0 Å². The Morgan fingerprint density at radius 3 is 2.47 bits per heavy atom. The molecule has 0 bridgehead atoms. The number of hydrogen-bond donors (Lipinski definition) is 1. The summed E-state index contributed by atoms with van der Waals surface area (Å²) in [5, 5.41) is 11.4. The molecular formula is C23H18ClNO5. The van der Waals surface area contributed by atoms with Crippen molar-refractivity contribution in [2.45, 2.75) is 12.6 Å². The van der Waals surface area contributed by atoms with Crippen LogP contribution in [0.3, 0.4) is 0 Å². The molecule has 7 heteroatoms. The Balaban J connectivity index is 1.87. The van der Waals surface area contributed by atoms with Crippen molar-refractivity contribution >= 4 is 29.1 Å². The first kappa shape index (κ1) is 19.8. The van der Waals surface area contributed by atoms with Crippen molar-refractivity contribution in [2.24, 2.45) is 0 Å². The van der Waals surface area contributed by atoms with Crippen molar-refractivity contribution in [1.82, 2.24) is 4.90 Å². The zero-order valence-electron chi connectivity index (χ0n) is 16.0. The van der Waals surface area contributed by atoms with E-state index in [4.69, 9.17) is 20.8 Å². The maximum atomic E-state index is 13.0. The molecule has 1 aliphatic rings. The minimum absolute atomic E-state index is 0.0233. The van der Waals surface area contributed by atoms with Gasteiger partial charge < -0.3 is 19.2 Å². The van der Waals surface area contributed by atoms with E-state index in [0.717, 1.165) is 0 Å². The summed E-state index contributed by atoms with van der Waals surface area (Å²) in [6, 6.07) is 16.1. The van der Waals surface area contributed by atoms with Crippen molar-refractivity contribution in [1.29, 1.82) is 0 Å². The molecule has 0 saturated carbocycles. The summed E-state index contributed by atoms with van der Waals surface area (Å²) in [7, 11) is 1.53. The van der Waals surface area contributed by atoms with E-state index in [2.05, 4.69) is 0 Å². The summed E-state index contributed by atoms with van der Waals surface area (Å²) >= 11 is 6.41. The van der Waals surface area contributed by atoms with Crippen molar-refractivity contribution in [3.8, 4) is 5.75 Å². The molecule has 6 nitrogen and oxygen atoms in total. The van der Waals surface area contributed by atoms with Crippen LogP contribution in [0.25, 0.3) is 5.76 Å². The van der Waals surface area contributed by atoms with Gasteiger partial charge in [-0.1, -0.05) is 29.8 Å². The number of benzene rings is 2. The van der Waals surface area contributed by atoms with E-state index in [1.54, 1.807) is 60.7 Å². The maximum Gasteiger partial charge on any atom is 0.296 e. The smallest absolute Gasteiger partial charge is 0.296 e. The predicted octanol–water partition coefficient (Wildman–Crippen LogP) is 4.56. The molecule has 152 valence electrons. The number of Topliss-reactive ketones (excluding diaryl/α,β-unsaturated/α-hetero) is 1. The van der Waals surface area contributed by atoms with Gasteiger partial charge in [0.15, 0.2) is 0 Å². The molecule has 1 saturated heterocycles. The van der Waals surface area contributed by atoms with Gasteiger partial charge in [0.25, 0.3) is 11.7 Å². The Labute approximate surface area is 177 Å². The van der Waals surface area contributed by atoms with Gasteiger partial charge in [0, 0.05) is 10.6 Å². The van der Waals surface area contributed by atoms with Crippen LogP contribution < -0.4 is 4.74 Å². The van der Waals surface area contributed by atoms with E-state index in [-0.39, 0.29) is 17.9 Å². The normalized spacial score (nSPS) is 18.1. The highest BCUT2D eigenvalue weighted by Gasteiger charge is 2.47. The molecule has 0 radical (unpaired) electrons. The number of rotatable bonds is 5. The van der Waals surface area contributed by atoms with Crippen LogP contribution in [0.15, 0.2) is 76.9 Å². The maximum absolute atomic E-state index is 13.0. The first-order valence-electron chi connectivity index (χ1n) is 9.21. The van der Waals surface area contributed by atoms with E-state index in [0.29, 0.717) is 27.7 Å². The van der Waals surface area contributed by atoms with Crippen LogP contribution in [0.1, 0.15) is 22.9 Å². The van der Waals surface area contributed by atoms with Crippen LogP contribution in [-0.2, 0) is 16.1 Å². The molecule has 30 heavy (non-hydrogen) atoms. The minimum Gasteiger partial charge on any atom is -0.507 e.